The van der Waals surface area contributed by atoms with Crippen molar-refractivity contribution in [3.05, 3.63) is 112 Å². The van der Waals surface area contributed by atoms with Gasteiger partial charge in [0.2, 0.25) is 0 Å². The lowest BCUT2D eigenvalue weighted by Gasteiger charge is -2.15. The Morgan fingerprint density at radius 2 is 1.62 bits per heavy atom. The highest BCUT2D eigenvalue weighted by molar-refractivity contribution is 5.97. The summed E-state index contributed by atoms with van der Waals surface area (Å²) < 4.78 is 18.9. The Balaban J connectivity index is 1.88. The molecular formula is C30H26N4O6. The Hall–Kier alpha value is -5.25. The summed E-state index contributed by atoms with van der Waals surface area (Å²) in [7, 11) is 2.95. The van der Waals surface area contributed by atoms with Crippen LogP contribution in [-0.2, 0) is 11.3 Å². The first kappa shape index (κ1) is 26.4. The van der Waals surface area contributed by atoms with Gasteiger partial charge >= 0.3 is 5.97 Å². The lowest BCUT2D eigenvalue weighted by atomic mass is 10.1. The Morgan fingerprint density at radius 3 is 2.30 bits per heavy atom. The van der Waals surface area contributed by atoms with Gasteiger partial charge in [0.25, 0.3) is 11.5 Å². The Bertz CT molecular complexity index is 1850. The van der Waals surface area contributed by atoms with Crippen molar-refractivity contribution < 1.29 is 23.8 Å². The summed E-state index contributed by atoms with van der Waals surface area (Å²) >= 11 is 0. The van der Waals surface area contributed by atoms with E-state index in [2.05, 4.69) is 4.99 Å². The molecule has 0 saturated carbocycles. The number of aromatic nitrogens is 3. The molecule has 0 unspecified atom stereocenters. The van der Waals surface area contributed by atoms with E-state index < -0.39 is 11.9 Å². The average Bonchev–Trinajstić information content (AvgIpc) is 2.98. The van der Waals surface area contributed by atoms with Gasteiger partial charge < -0.3 is 18.8 Å². The van der Waals surface area contributed by atoms with Gasteiger partial charge in [0, 0.05) is 17.8 Å². The topological polar surface area (TPSA) is 113 Å². The molecule has 202 valence electrons. The van der Waals surface area contributed by atoms with Crippen molar-refractivity contribution in [1.82, 2.24) is 14.0 Å². The molecule has 3 heterocycles. The van der Waals surface area contributed by atoms with Crippen LogP contribution < -0.4 is 20.5 Å². The summed E-state index contributed by atoms with van der Waals surface area (Å²) in [6.45, 7) is 1.93. The number of ether oxygens (including phenoxy) is 3. The van der Waals surface area contributed by atoms with Gasteiger partial charge in [0.1, 0.15) is 28.4 Å². The monoisotopic (exact) mass is 538 g/mol. The van der Waals surface area contributed by atoms with Crippen LogP contribution in [0.25, 0.3) is 16.7 Å². The third kappa shape index (κ3) is 5.06. The molecule has 3 aromatic heterocycles. The summed E-state index contributed by atoms with van der Waals surface area (Å²) in [5.74, 6) is -0.569. The zero-order chi connectivity index (χ0) is 28.2. The van der Waals surface area contributed by atoms with Gasteiger partial charge in [0.15, 0.2) is 5.49 Å². The fraction of sp³-hybridized carbons (Fsp3) is 0.167. The van der Waals surface area contributed by atoms with Gasteiger partial charge in [-0.3, -0.25) is 14.0 Å². The molecule has 0 aliphatic heterocycles. The molecule has 1 amide bonds. The average molecular weight is 539 g/mol. The predicted octanol–water partition coefficient (Wildman–Crippen LogP) is 3.63. The van der Waals surface area contributed by atoms with E-state index in [0.717, 1.165) is 5.56 Å². The summed E-state index contributed by atoms with van der Waals surface area (Å²) in [6.07, 6.45) is 1.60. The van der Waals surface area contributed by atoms with Crippen molar-refractivity contribution in [2.24, 2.45) is 4.99 Å². The molecule has 0 aliphatic rings. The Morgan fingerprint density at radius 1 is 0.925 bits per heavy atom. The van der Waals surface area contributed by atoms with Crippen LogP contribution in [0, 0.1) is 0 Å². The number of hydrogen-bond donors (Lipinski definition) is 0. The van der Waals surface area contributed by atoms with Crippen LogP contribution in [0.15, 0.2) is 88.8 Å². The van der Waals surface area contributed by atoms with Crippen LogP contribution in [0.2, 0.25) is 0 Å². The van der Waals surface area contributed by atoms with E-state index in [4.69, 9.17) is 19.2 Å². The second-order valence-electron chi connectivity index (χ2n) is 8.78. The lowest BCUT2D eigenvalue weighted by Crippen LogP contribution is -2.33. The summed E-state index contributed by atoms with van der Waals surface area (Å²) in [5.41, 5.74) is 1.30. The van der Waals surface area contributed by atoms with Crippen LogP contribution in [0.1, 0.15) is 33.2 Å². The number of amides is 1. The molecule has 40 heavy (non-hydrogen) atoms. The van der Waals surface area contributed by atoms with E-state index in [1.54, 1.807) is 42.0 Å². The van der Waals surface area contributed by atoms with Gasteiger partial charge in [-0.05, 0) is 42.8 Å². The number of esters is 1. The number of rotatable bonds is 7. The zero-order valence-corrected chi connectivity index (χ0v) is 22.2. The molecule has 0 saturated heterocycles. The molecule has 10 heteroatoms. The number of fused-ring (bicyclic) bond motifs is 2. The van der Waals surface area contributed by atoms with Crippen LogP contribution in [0.4, 0.5) is 0 Å². The number of nitrogens with zero attached hydrogens (tertiary/aromatic N) is 4. The fourth-order valence-electron chi connectivity index (χ4n) is 4.36. The number of benzene rings is 2. The zero-order valence-electron chi connectivity index (χ0n) is 22.2. The largest absolute Gasteiger partial charge is 0.497 e. The van der Waals surface area contributed by atoms with Crippen molar-refractivity contribution in [3.63, 3.8) is 0 Å². The molecule has 0 N–H and O–H groups in total. The van der Waals surface area contributed by atoms with Crippen LogP contribution in [0.5, 0.6) is 11.5 Å². The molecule has 2 aromatic carbocycles. The third-order valence-electron chi connectivity index (χ3n) is 6.27. The molecule has 0 spiro atoms. The molecule has 0 fully saturated rings. The molecule has 0 aliphatic carbocycles. The highest BCUT2D eigenvalue weighted by atomic mass is 16.5. The Kier molecular flexibility index (Phi) is 7.41. The minimum absolute atomic E-state index is 0.00812. The molecule has 5 rings (SSSR count). The van der Waals surface area contributed by atoms with Gasteiger partial charge in [-0.1, -0.05) is 36.4 Å². The third-order valence-corrected chi connectivity index (χ3v) is 6.27. The smallest absolute Gasteiger partial charge is 0.341 e. The van der Waals surface area contributed by atoms with E-state index >= 15 is 0 Å². The molecule has 0 radical (unpaired) electrons. The molecule has 10 nitrogen and oxygen atoms in total. The molecule has 5 aromatic rings. The van der Waals surface area contributed by atoms with Crippen molar-refractivity contribution in [1.29, 1.82) is 0 Å². The molecule has 0 atom stereocenters. The van der Waals surface area contributed by atoms with Crippen LogP contribution >= 0.6 is 0 Å². The summed E-state index contributed by atoms with van der Waals surface area (Å²) in [5, 5.41) is 0.178. The van der Waals surface area contributed by atoms with Gasteiger partial charge in [0.05, 0.1) is 32.8 Å². The van der Waals surface area contributed by atoms with E-state index in [9.17, 15) is 14.4 Å². The van der Waals surface area contributed by atoms with Crippen molar-refractivity contribution >= 4 is 28.6 Å². The maximum Gasteiger partial charge on any atom is 0.341 e. The maximum atomic E-state index is 13.6. The number of pyridine rings is 2. The van der Waals surface area contributed by atoms with Crippen LogP contribution in [-0.4, -0.2) is 46.7 Å². The normalized spacial score (nSPS) is 11.5. The number of hydrogen-bond acceptors (Lipinski definition) is 7. The first-order valence-corrected chi connectivity index (χ1v) is 12.5. The van der Waals surface area contributed by atoms with Crippen molar-refractivity contribution in [3.8, 4) is 11.5 Å². The minimum atomic E-state index is -0.724. The summed E-state index contributed by atoms with van der Waals surface area (Å²) in [6, 6.07) is 20.7. The van der Waals surface area contributed by atoms with E-state index in [1.165, 1.54) is 36.8 Å². The highest BCUT2D eigenvalue weighted by Gasteiger charge is 2.21. The standard InChI is InChI=1S/C30H26N4O6/c1-4-40-30(37)24-17-23-26(31-25-12-8-9-13-33(25)29(23)36)34(18-19-10-6-5-7-11-19)27(24)32-28(35)20-14-21(38-2)16-22(15-20)39-3/h5-17H,4,18H2,1-3H3. The number of carbonyl (C=O) groups excluding carboxylic acids is 2. The van der Waals surface area contributed by atoms with Crippen molar-refractivity contribution in [2.75, 3.05) is 20.8 Å². The predicted molar refractivity (Wildman–Crippen MR) is 148 cm³/mol. The van der Waals surface area contributed by atoms with Crippen molar-refractivity contribution in [2.45, 2.75) is 13.5 Å². The van der Waals surface area contributed by atoms with Gasteiger partial charge in [-0.25, -0.2) is 9.78 Å². The van der Waals surface area contributed by atoms with Gasteiger partial charge in [-0.2, -0.15) is 4.99 Å². The molecule has 0 bridgehead atoms. The van der Waals surface area contributed by atoms with Gasteiger partial charge in [-0.15, -0.1) is 0 Å². The second kappa shape index (κ2) is 11.2. The Labute approximate surface area is 228 Å². The number of methoxy groups -OCH3 is 2. The maximum absolute atomic E-state index is 13.6. The first-order valence-electron chi connectivity index (χ1n) is 12.5. The lowest BCUT2D eigenvalue weighted by molar-refractivity contribution is 0.0523. The SMILES string of the molecule is CCOC(=O)c1cc2c(=O)n3ccccc3nc2n(Cc2ccccc2)c1=NC(=O)c1cc(OC)cc(OC)c1. The minimum Gasteiger partial charge on any atom is -0.497 e. The first-order chi connectivity index (χ1) is 19.4. The summed E-state index contributed by atoms with van der Waals surface area (Å²) in [4.78, 5) is 49.5. The molecular weight excluding hydrogens is 512 g/mol. The highest BCUT2D eigenvalue weighted by Crippen LogP contribution is 2.23. The fourth-order valence-corrected chi connectivity index (χ4v) is 4.36. The second-order valence-corrected chi connectivity index (χ2v) is 8.78. The quantitative estimate of drug-likeness (QED) is 0.230. The van der Waals surface area contributed by atoms with E-state index in [0.29, 0.717) is 17.1 Å². The van der Waals surface area contributed by atoms with E-state index in [-0.39, 0.29) is 46.4 Å². The van der Waals surface area contributed by atoms with Crippen LogP contribution in [0.3, 0.4) is 0 Å². The van der Waals surface area contributed by atoms with E-state index in [1.807, 2.05) is 30.3 Å². The number of carbonyl (C=O) groups is 2.